The smallest absolute Gasteiger partial charge is 0.188 e. The molecule has 1 aliphatic rings. The second kappa shape index (κ2) is 8.53. The number of hydrogen-bond donors (Lipinski definition) is 2. The van der Waals surface area contributed by atoms with Crippen LogP contribution in [0.4, 0.5) is 4.39 Å². The predicted molar refractivity (Wildman–Crippen MR) is 113 cm³/mol. The molecule has 2 aromatic carbocycles. The SMILES string of the molecule is COCOc1ccc(C(O)c2c(C)cc(O)c3c2CCO3)nc1-c1cccc(C)c1F. The Morgan fingerprint density at radius 1 is 1.19 bits per heavy atom. The molecule has 0 spiro atoms. The number of halogens is 1. The molecule has 3 aromatic rings. The molecule has 6 nitrogen and oxygen atoms in total. The number of nitrogens with zero attached hydrogens (tertiary/aromatic N) is 1. The number of aliphatic hydroxyl groups is 1. The Balaban J connectivity index is 1.84. The molecule has 0 saturated carbocycles. The third-order valence-electron chi connectivity index (χ3n) is 5.42. The summed E-state index contributed by atoms with van der Waals surface area (Å²) in [6, 6.07) is 9.90. The summed E-state index contributed by atoms with van der Waals surface area (Å²) in [6.45, 7) is 3.90. The number of methoxy groups -OCH3 is 1. The highest BCUT2D eigenvalue weighted by atomic mass is 19.1. The summed E-state index contributed by atoms with van der Waals surface area (Å²) in [5.41, 5.74) is 3.49. The van der Waals surface area contributed by atoms with Crippen LogP contribution in [0, 0.1) is 19.7 Å². The molecule has 1 atom stereocenters. The fourth-order valence-corrected chi connectivity index (χ4v) is 3.93. The minimum Gasteiger partial charge on any atom is -0.504 e. The summed E-state index contributed by atoms with van der Waals surface area (Å²) in [6.07, 6.45) is -0.509. The van der Waals surface area contributed by atoms with Crippen molar-refractivity contribution >= 4 is 0 Å². The number of aromatic nitrogens is 1. The van der Waals surface area contributed by atoms with Crippen molar-refractivity contribution in [3.63, 3.8) is 0 Å². The zero-order valence-electron chi connectivity index (χ0n) is 17.6. The van der Waals surface area contributed by atoms with Crippen molar-refractivity contribution in [2.75, 3.05) is 20.5 Å². The summed E-state index contributed by atoms with van der Waals surface area (Å²) in [7, 11) is 1.49. The largest absolute Gasteiger partial charge is 0.504 e. The van der Waals surface area contributed by atoms with E-state index < -0.39 is 11.9 Å². The minimum atomic E-state index is -1.08. The maximum atomic E-state index is 14.9. The summed E-state index contributed by atoms with van der Waals surface area (Å²) >= 11 is 0. The quantitative estimate of drug-likeness (QED) is 0.576. The van der Waals surface area contributed by atoms with E-state index in [4.69, 9.17) is 14.2 Å². The monoisotopic (exact) mass is 425 g/mol. The zero-order valence-corrected chi connectivity index (χ0v) is 17.6. The fourth-order valence-electron chi connectivity index (χ4n) is 3.93. The normalized spacial score (nSPS) is 13.6. The third kappa shape index (κ3) is 3.82. The van der Waals surface area contributed by atoms with Gasteiger partial charge in [0.25, 0.3) is 0 Å². The number of ether oxygens (including phenoxy) is 3. The molecule has 0 fully saturated rings. The topological polar surface area (TPSA) is 81.0 Å². The van der Waals surface area contributed by atoms with E-state index in [2.05, 4.69) is 4.98 Å². The summed E-state index contributed by atoms with van der Waals surface area (Å²) < 4.78 is 31.0. The fraction of sp³-hybridized carbons (Fsp3) is 0.292. The highest BCUT2D eigenvalue weighted by molar-refractivity contribution is 5.68. The van der Waals surface area contributed by atoms with Crippen molar-refractivity contribution in [3.8, 4) is 28.5 Å². The van der Waals surface area contributed by atoms with Gasteiger partial charge in [0.05, 0.1) is 12.3 Å². The van der Waals surface area contributed by atoms with Crippen molar-refractivity contribution < 1.29 is 28.8 Å². The summed E-state index contributed by atoms with van der Waals surface area (Å²) in [4.78, 5) is 4.59. The number of aromatic hydroxyl groups is 1. The van der Waals surface area contributed by atoms with E-state index in [9.17, 15) is 14.6 Å². The first-order valence-corrected chi connectivity index (χ1v) is 9.96. The van der Waals surface area contributed by atoms with Crippen molar-refractivity contribution in [2.45, 2.75) is 26.4 Å². The van der Waals surface area contributed by atoms with Gasteiger partial charge in [-0.1, -0.05) is 12.1 Å². The van der Waals surface area contributed by atoms with Crippen LogP contribution in [0.3, 0.4) is 0 Å². The van der Waals surface area contributed by atoms with Crippen LogP contribution in [0.5, 0.6) is 17.2 Å². The lowest BCUT2D eigenvalue weighted by Gasteiger charge is -2.19. The van der Waals surface area contributed by atoms with Crippen LogP contribution in [-0.2, 0) is 11.2 Å². The summed E-state index contributed by atoms with van der Waals surface area (Å²) in [5.74, 6) is 0.390. The van der Waals surface area contributed by atoms with E-state index in [1.807, 2.05) is 6.92 Å². The molecule has 0 saturated heterocycles. The van der Waals surface area contributed by atoms with Gasteiger partial charge < -0.3 is 24.4 Å². The highest BCUT2D eigenvalue weighted by Crippen LogP contribution is 2.43. The van der Waals surface area contributed by atoms with Gasteiger partial charge >= 0.3 is 0 Å². The van der Waals surface area contributed by atoms with Gasteiger partial charge in [0.2, 0.25) is 0 Å². The van der Waals surface area contributed by atoms with Gasteiger partial charge in [-0.15, -0.1) is 0 Å². The lowest BCUT2D eigenvalue weighted by Crippen LogP contribution is -2.10. The number of rotatable bonds is 6. The summed E-state index contributed by atoms with van der Waals surface area (Å²) in [5, 5.41) is 21.4. The molecule has 2 N–H and O–H groups in total. The first-order valence-electron chi connectivity index (χ1n) is 9.96. The van der Waals surface area contributed by atoms with E-state index in [1.54, 1.807) is 43.3 Å². The Hall–Kier alpha value is -3.16. The highest BCUT2D eigenvalue weighted by Gasteiger charge is 2.28. The molecule has 0 aliphatic carbocycles. The van der Waals surface area contributed by atoms with E-state index in [0.717, 1.165) is 11.1 Å². The van der Waals surface area contributed by atoms with Gasteiger partial charge in [-0.25, -0.2) is 9.37 Å². The molecule has 0 bridgehead atoms. The van der Waals surface area contributed by atoms with Crippen LogP contribution in [-0.4, -0.2) is 35.7 Å². The Bertz CT molecular complexity index is 1130. The van der Waals surface area contributed by atoms with Crippen LogP contribution < -0.4 is 9.47 Å². The molecule has 2 heterocycles. The molecule has 1 aliphatic heterocycles. The van der Waals surface area contributed by atoms with Gasteiger partial charge in [0, 0.05) is 24.7 Å². The number of benzene rings is 2. The van der Waals surface area contributed by atoms with Crippen molar-refractivity contribution in [1.29, 1.82) is 0 Å². The number of hydrogen-bond acceptors (Lipinski definition) is 6. The maximum Gasteiger partial charge on any atom is 0.188 e. The predicted octanol–water partition coefficient (Wildman–Crippen LogP) is 4.21. The Morgan fingerprint density at radius 3 is 2.77 bits per heavy atom. The van der Waals surface area contributed by atoms with Crippen molar-refractivity contribution in [2.24, 2.45) is 0 Å². The lowest BCUT2D eigenvalue weighted by atomic mass is 9.92. The van der Waals surface area contributed by atoms with E-state index in [1.165, 1.54) is 7.11 Å². The molecular formula is C24H24FNO5. The third-order valence-corrected chi connectivity index (χ3v) is 5.42. The molecule has 7 heteroatoms. The van der Waals surface area contributed by atoms with Crippen LogP contribution >= 0.6 is 0 Å². The Morgan fingerprint density at radius 2 is 2.00 bits per heavy atom. The van der Waals surface area contributed by atoms with Crippen molar-refractivity contribution in [3.05, 3.63) is 70.2 Å². The molecule has 31 heavy (non-hydrogen) atoms. The van der Waals surface area contributed by atoms with Gasteiger partial charge in [0.15, 0.2) is 18.3 Å². The average Bonchev–Trinajstić information content (AvgIpc) is 3.24. The van der Waals surface area contributed by atoms with Gasteiger partial charge in [-0.2, -0.15) is 0 Å². The molecule has 1 aromatic heterocycles. The standard InChI is InChI=1S/C24H24FNO5/c1-13-5-4-6-16(21(13)25)22-19(31-12-29-3)8-7-17(26-22)23(28)20-14(2)11-18(27)24-15(20)9-10-30-24/h4-8,11,23,27-28H,9-10,12H2,1-3H3. The second-order valence-corrected chi connectivity index (χ2v) is 7.51. The minimum absolute atomic E-state index is 0.0219. The number of phenolic OH excluding ortho intramolecular Hbond substituents is 1. The first kappa shape index (κ1) is 21.1. The van der Waals surface area contributed by atoms with Gasteiger partial charge in [-0.3, -0.25) is 0 Å². The van der Waals surface area contributed by atoms with Crippen LogP contribution in [0.15, 0.2) is 36.4 Å². The molecular weight excluding hydrogens is 401 g/mol. The average molecular weight is 425 g/mol. The second-order valence-electron chi connectivity index (χ2n) is 7.51. The van der Waals surface area contributed by atoms with Crippen LogP contribution in [0.1, 0.15) is 34.1 Å². The first-order chi connectivity index (χ1) is 14.9. The van der Waals surface area contributed by atoms with Crippen LogP contribution in [0.2, 0.25) is 0 Å². The number of fused-ring (bicyclic) bond motifs is 1. The van der Waals surface area contributed by atoms with Crippen LogP contribution in [0.25, 0.3) is 11.3 Å². The lowest BCUT2D eigenvalue weighted by molar-refractivity contribution is 0.0512. The molecule has 162 valence electrons. The number of aryl methyl sites for hydroxylation is 2. The zero-order chi connectivity index (χ0) is 22.1. The van der Waals surface area contributed by atoms with Gasteiger partial charge in [-0.05, 0) is 54.8 Å². The number of aliphatic hydroxyl groups excluding tert-OH is 1. The molecule has 4 rings (SSSR count). The maximum absolute atomic E-state index is 14.9. The van der Waals surface area contributed by atoms with Gasteiger partial charge in [0.1, 0.15) is 23.4 Å². The number of pyridine rings is 1. The molecule has 0 radical (unpaired) electrons. The van der Waals surface area contributed by atoms with Crippen molar-refractivity contribution in [1.82, 2.24) is 4.98 Å². The molecule has 1 unspecified atom stereocenters. The van der Waals surface area contributed by atoms with E-state index in [0.29, 0.717) is 41.3 Å². The van der Waals surface area contributed by atoms with E-state index >= 15 is 0 Å². The molecule has 0 amide bonds. The Kier molecular flexibility index (Phi) is 5.80. The van der Waals surface area contributed by atoms with E-state index in [-0.39, 0.29) is 23.8 Å². The Labute approximate surface area is 179 Å². The number of phenols is 1.